The summed E-state index contributed by atoms with van der Waals surface area (Å²) < 4.78 is 33.4. The summed E-state index contributed by atoms with van der Waals surface area (Å²) in [6, 6.07) is 5.48. The van der Waals surface area contributed by atoms with Crippen molar-refractivity contribution in [3.05, 3.63) is 40.6 Å². The van der Waals surface area contributed by atoms with Gasteiger partial charge < -0.3 is 33.5 Å². The van der Waals surface area contributed by atoms with E-state index in [0.717, 1.165) is 6.42 Å². The van der Waals surface area contributed by atoms with Crippen LogP contribution in [0.5, 0.6) is 0 Å². The number of unbranched alkanes of at least 4 members (excludes halogenated alkanes) is 1. The molecule has 0 radical (unpaired) electrons. The first-order chi connectivity index (χ1) is 28.7. The van der Waals surface area contributed by atoms with Crippen LogP contribution in [0.15, 0.2) is 30.5 Å². The second-order valence-electron chi connectivity index (χ2n) is 18.1. The van der Waals surface area contributed by atoms with E-state index in [1.807, 2.05) is 41.8 Å². The average molecular weight is 855 g/mol. The molecule has 0 N–H and O–H groups in total. The summed E-state index contributed by atoms with van der Waals surface area (Å²) in [6.45, 7) is 16.9. The minimum atomic E-state index is -1.43. The zero-order valence-electron chi connectivity index (χ0n) is 37.9. The molecule has 1 aromatic carbocycles. The number of benzene rings is 1. The number of nitro benzene ring substituents is 1. The van der Waals surface area contributed by atoms with Crippen molar-refractivity contribution in [1.29, 1.82) is 0 Å². The maximum Gasteiger partial charge on any atom is 0.410 e. The first-order valence-electron chi connectivity index (χ1n) is 21.6. The van der Waals surface area contributed by atoms with Gasteiger partial charge in [-0.15, -0.1) is 5.10 Å². The summed E-state index contributed by atoms with van der Waals surface area (Å²) in [7, 11) is 5.57. The highest BCUT2D eigenvalue weighted by atomic mass is 16.7. The molecule has 1 amide bonds. The van der Waals surface area contributed by atoms with Crippen molar-refractivity contribution in [3.8, 4) is 11.3 Å². The van der Waals surface area contributed by atoms with Crippen LogP contribution in [0.2, 0.25) is 0 Å². The molecule has 1 aromatic heterocycles. The molecule has 3 aliphatic rings. The molecule has 13 atom stereocenters. The number of amides is 1. The van der Waals surface area contributed by atoms with Gasteiger partial charge in [0.15, 0.2) is 17.7 Å². The van der Waals surface area contributed by atoms with Crippen LogP contribution >= 0.6 is 0 Å². The van der Waals surface area contributed by atoms with E-state index in [-0.39, 0.29) is 48.9 Å². The predicted octanol–water partition coefficient (Wildman–Crippen LogP) is 6.11. The van der Waals surface area contributed by atoms with Gasteiger partial charge in [0.2, 0.25) is 0 Å². The largest absolute Gasteiger partial charge is 0.458 e. The van der Waals surface area contributed by atoms with E-state index in [1.54, 1.807) is 48.7 Å². The van der Waals surface area contributed by atoms with Crippen LogP contribution in [0.25, 0.3) is 11.3 Å². The quantitative estimate of drug-likeness (QED) is 0.0780. The third-order valence-corrected chi connectivity index (χ3v) is 13.5. The SMILES string of the molecule is CC[C@H]1OC(=O)[C@H](C)C(=O)[C@H](C)[C@@H](O[C@@H]2O[C@H](C)C[C@H](N(C)C)[C@H]2C)[C@@](C)(OC)C[C@@H](C)C(=O)[C@H](C)[C@@H]2N(CCCCn3cc(-c4cccc([N+](=O)[O-])c4)nn3)C(=O)O[C@@]21C. The summed E-state index contributed by atoms with van der Waals surface area (Å²) in [5.41, 5.74) is -1.62. The molecular formula is C44H66N6O11. The number of cyclic esters (lactones) is 1. The highest BCUT2D eigenvalue weighted by molar-refractivity contribution is 6.00. The lowest BCUT2D eigenvalue weighted by molar-refractivity contribution is -0.384. The molecule has 61 heavy (non-hydrogen) atoms. The normalized spacial score (nSPS) is 35.4. The highest BCUT2D eigenvalue weighted by Crippen LogP contribution is 2.43. The summed E-state index contributed by atoms with van der Waals surface area (Å²) in [5, 5.41) is 19.7. The Labute approximate surface area is 359 Å². The zero-order chi connectivity index (χ0) is 45.1. The molecule has 0 saturated carbocycles. The summed E-state index contributed by atoms with van der Waals surface area (Å²) >= 11 is 0. The molecule has 0 bridgehead atoms. The number of hydrogen-bond donors (Lipinski definition) is 0. The number of esters is 1. The number of non-ortho nitro benzene ring substituents is 1. The number of nitro groups is 1. The molecule has 17 nitrogen and oxygen atoms in total. The third-order valence-electron chi connectivity index (χ3n) is 13.5. The van der Waals surface area contributed by atoms with Crippen LogP contribution in [-0.4, -0.2) is 129 Å². The first kappa shape index (κ1) is 47.7. The molecule has 338 valence electrons. The number of aryl methyl sites for hydroxylation is 1. The Morgan fingerprint density at radius 1 is 1.00 bits per heavy atom. The number of carbonyl (C=O) groups is 4. The Balaban J connectivity index is 1.42. The number of aromatic nitrogens is 3. The van der Waals surface area contributed by atoms with Crippen LogP contribution in [0.1, 0.15) is 94.4 Å². The standard InChI is InChI=1S/C44H66N6O11/c1-13-35-44(9)38(49(42(54)61-44)20-15-14-19-48-24-33(45-46-48)31-17-16-18-32(22-31)50(55)56)28(5)36(51)25(2)23-43(8,57-12)39(29(6)37(52)30(7)40(53)59-35)60-41-27(4)34(47(10)11)21-26(3)58-41/h16-18,22,24-30,34-35,38-39,41H,13-15,19-21,23H2,1-12H3/t25-,26-,27-,28+,29+,30-,34+,35-,38+,39-,41+,43+,44-/m1/s1. The number of rotatable bonds is 12. The Hall–Kier alpha value is -4.32. The van der Waals surface area contributed by atoms with Crippen LogP contribution in [0, 0.1) is 39.7 Å². The minimum absolute atomic E-state index is 0.0485. The van der Waals surface area contributed by atoms with Crippen molar-refractivity contribution in [3.63, 3.8) is 0 Å². The smallest absolute Gasteiger partial charge is 0.410 e. The van der Waals surface area contributed by atoms with Gasteiger partial charge in [0.25, 0.3) is 5.69 Å². The van der Waals surface area contributed by atoms with Gasteiger partial charge in [-0.2, -0.15) is 0 Å². The molecule has 17 heteroatoms. The molecule has 0 aliphatic carbocycles. The second-order valence-corrected chi connectivity index (χ2v) is 18.1. The predicted molar refractivity (Wildman–Crippen MR) is 224 cm³/mol. The highest BCUT2D eigenvalue weighted by Gasteiger charge is 2.60. The van der Waals surface area contributed by atoms with Crippen LogP contribution in [0.3, 0.4) is 0 Å². The van der Waals surface area contributed by atoms with Gasteiger partial charge in [0, 0.05) is 67.6 Å². The third kappa shape index (κ3) is 10.00. The Morgan fingerprint density at radius 3 is 2.33 bits per heavy atom. The van der Waals surface area contributed by atoms with Crippen molar-refractivity contribution >= 4 is 29.3 Å². The zero-order valence-corrected chi connectivity index (χ0v) is 37.9. The van der Waals surface area contributed by atoms with Crippen LogP contribution < -0.4 is 0 Å². The van der Waals surface area contributed by atoms with E-state index in [4.69, 9.17) is 23.7 Å². The molecular weight excluding hydrogens is 789 g/mol. The fraction of sp³-hybridized carbons (Fsp3) is 0.727. The molecule has 2 aromatic rings. The van der Waals surface area contributed by atoms with Gasteiger partial charge in [0.05, 0.1) is 35.0 Å². The van der Waals surface area contributed by atoms with Gasteiger partial charge >= 0.3 is 12.1 Å². The summed E-state index contributed by atoms with van der Waals surface area (Å²) in [5.74, 6) is -4.85. The van der Waals surface area contributed by atoms with Crippen molar-refractivity contribution in [2.45, 2.75) is 149 Å². The van der Waals surface area contributed by atoms with Gasteiger partial charge in [0.1, 0.15) is 23.5 Å². The Kier molecular flexibility index (Phi) is 15.2. The molecule has 3 fully saturated rings. The first-order valence-corrected chi connectivity index (χ1v) is 21.6. The average Bonchev–Trinajstić information content (AvgIpc) is 3.80. The van der Waals surface area contributed by atoms with Gasteiger partial charge in [-0.05, 0) is 73.9 Å². The molecule has 0 spiro atoms. The van der Waals surface area contributed by atoms with E-state index < -0.39 is 82.2 Å². The topological polar surface area (TPSA) is 195 Å². The van der Waals surface area contributed by atoms with Crippen molar-refractivity contribution in [1.82, 2.24) is 24.8 Å². The fourth-order valence-electron chi connectivity index (χ4n) is 9.91. The number of Topliss-reactive ketones (excluding diaryl/α,β-unsaturated/α-hetero) is 2. The maximum absolute atomic E-state index is 14.8. The van der Waals surface area contributed by atoms with E-state index in [1.165, 1.54) is 26.2 Å². The minimum Gasteiger partial charge on any atom is -0.458 e. The maximum atomic E-state index is 14.8. The summed E-state index contributed by atoms with van der Waals surface area (Å²) in [6.07, 6.45) is 0.664. The fourth-order valence-corrected chi connectivity index (χ4v) is 9.91. The molecule has 3 aliphatic heterocycles. The molecule has 5 rings (SSSR count). The Morgan fingerprint density at radius 2 is 1.69 bits per heavy atom. The number of ether oxygens (including phenoxy) is 5. The van der Waals surface area contributed by atoms with E-state index >= 15 is 0 Å². The number of methoxy groups -OCH3 is 1. The number of ketones is 2. The number of carbonyl (C=O) groups excluding carboxylic acids is 4. The van der Waals surface area contributed by atoms with Gasteiger partial charge in [-0.25, -0.2) is 4.79 Å². The van der Waals surface area contributed by atoms with Gasteiger partial charge in [-0.3, -0.25) is 29.2 Å². The van der Waals surface area contributed by atoms with E-state index in [2.05, 4.69) is 22.1 Å². The van der Waals surface area contributed by atoms with Crippen molar-refractivity contribution < 1.29 is 47.8 Å². The number of fused-ring (bicyclic) bond motifs is 1. The molecule has 0 unspecified atom stereocenters. The monoisotopic (exact) mass is 854 g/mol. The number of hydrogen-bond acceptors (Lipinski definition) is 14. The second kappa shape index (κ2) is 19.4. The van der Waals surface area contributed by atoms with Crippen LogP contribution in [0.4, 0.5) is 10.5 Å². The van der Waals surface area contributed by atoms with E-state index in [9.17, 15) is 29.3 Å². The number of nitrogens with zero attached hydrogens (tertiary/aromatic N) is 6. The van der Waals surface area contributed by atoms with Gasteiger partial charge in [-0.1, -0.05) is 52.0 Å². The van der Waals surface area contributed by atoms with Crippen molar-refractivity contribution in [2.75, 3.05) is 27.7 Å². The van der Waals surface area contributed by atoms with E-state index in [0.29, 0.717) is 30.6 Å². The molecule has 4 heterocycles. The lowest BCUT2D eigenvalue weighted by Gasteiger charge is -2.47. The Bertz CT molecular complexity index is 1910. The lowest BCUT2D eigenvalue weighted by Crippen LogP contribution is -2.59. The van der Waals surface area contributed by atoms with Crippen molar-refractivity contribution in [2.24, 2.45) is 29.6 Å². The molecule has 3 saturated heterocycles. The lowest BCUT2D eigenvalue weighted by atomic mass is 9.73. The van der Waals surface area contributed by atoms with Crippen LogP contribution in [-0.2, 0) is 44.6 Å². The summed E-state index contributed by atoms with van der Waals surface area (Å²) in [4.78, 5) is 71.6.